The van der Waals surface area contributed by atoms with Crippen LogP contribution in [0.2, 0.25) is 0 Å². The van der Waals surface area contributed by atoms with Crippen molar-refractivity contribution in [2.45, 2.75) is 37.5 Å². The summed E-state index contributed by atoms with van der Waals surface area (Å²) < 4.78 is 2.35. The zero-order valence-corrected chi connectivity index (χ0v) is 28.3. The number of fused-ring (bicyclic) bond motifs is 8. The predicted molar refractivity (Wildman–Crippen MR) is 206 cm³/mol. The van der Waals surface area contributed by atoms with E-state index in [0.717, 1.165) is 34.0 Å². The van der Waals surface area contributed by atoms with Crippen LogP contribution in [0.25, 0.3) is 72.4 Å². The van der Waals surface area contributed by atoms with Crippen molar-refractivity contribution in [1.29, 1.82) is 0 Å². The summed E-state index contributed by atoms with van der Waals surface area (Å²) in [4.78, 5) is 15.7. The molecule has 0 atom stereocenters. The van der Waals surface area contributed by atoms with Crippen LogP contribution < -0.4 is 0 Å². The van der Waals surface area contributed by atoms with Gasteiger partial charge in [0, 0.05) is 32.7 Å². The van der Waals surface area contributed by atoms with E-state index >= 15 is 0 Å². The summed E-state index contributed by atoms with van der Waals surface area (Å²) in [6.45, 7) is 0. The molecular formula is C47H36N4. The van der Waals surface area contributed by atoms with E-state index in [1.54, 1.807) is 11.1 Å². The average Bonchev–Trinajstić information content (AvgIpc) is 3.66. The van der Waals surface area contributed by atoms with Crippen LogP contribution in [0.4, 0.5) is 0 Å². The summed E-state index contributed by atoms with van der Waals surface area (Å²) in [5, 5.41) is 4.96. The second kappa shape index (κ2) is 10.2. The Morgan fingerprint density at radius 1 is 0.490 bits per heavy atom. The second-order valence-corrected chi connectivity index (χ2v) is 15.7. The number of benzene rings is 6. The molecule has 4 saturated carbocycles. The van der Waals surface area contributed by atoms with Gasteiger partial charge in [0.15, 0.2) is 11.6 Å². The molecular weight excluding hydrogens is 621 g/mol. The van der Waals surface area contributed by atoms with Gasteiger partial charge >= 0.3 is 0 Å². The summed E-state index contributed by atoms with van der Waals surface area (Å²) in [7, 11) is 0. The molecule has 5 aliphatic rings. The smallest absolute Gasteiger partial charge is 0.238 e. The van der Waals surface area contributed by atoms with Gasteiger partial charge in [-0.3, -0.25) is 4.57 Å². The molecule has 4 nitrogen and oxygen atoms in total. The Balaban J connectivity index is 1.20. The van der Waals surface area contributed by atoms with Crippen molar-refractivity contribution in [3.63, 3.8) is 0 Å². The number of nitrogens with zero attached hydrogens (tertiary/aromatic N) is 4. The fourth-order valence-corrected chi connectivity index (χ4v) is 11.5. The molecule has 2 aromatic heterocycles. The third-order valence-electron chi connectivity index (χ3n) is 13.2. The van der Waals surface area contributed by atoms with E-state index in [1.165, 1.54) is 64.8 Å². The first kappa shape index (κ1) is 28.1. The zero-order chi connectivity index (χ0) is 33.3. The average molecular weight is 657 g/mol. The summed E-state index contributed by atoms with van der Waals surface area (Å²) in [6, 6.07) is 48.6. The van der Waals surface area contributed by atoms with Crippen molar-refractivity contribution < 1.29 is 0 Å². The molecule has 6 aromatic carbocycles. The lowest BCUT2D eigenvalue weighted by Crippen LogP contribution is -2.55. The van der Waals surface area contributed by atoms with E-state index in [-0.39, 0.29) is 5.41 Å². The molecule has 13 rings (SSSR count). The molecule has 4 heteroatoms. The van der Waals surface area contributed by atoms with Gasteiger partial charge in [0.05, 0.1) is 11.0 Å². The van der Waals surface area contributed by atoms with Crippen molar-refractivity contribution in [3.05, 3.63) is 145 Å². The lowest BCUT2D eigenvalue weighted by Gasteiger charge is -2.61. The standard InChI is InChI=1S/C47H36N4/c1-3-12-31(13-4-1)44-48-45(32-14-5-2-6-15-32)50-46(49-44)51-42-27-38-36-17-9-10-18-40(36)47(33-22-28-21-29(24-33)25-34(47)23-28)41(38)26-39(42)37-20-19-30-11-7-8-16-35(30)43(37)51/h1-20,26-29,33-34H,21-25H2. The van der Waals surface area contributed by atoms with Crippen LogP contribution in [-0.4, -0.2) is 19.5 Å². The fourth-order valence-electron chi connectivity index (χ4n) is 11.5. The predicted octanol–water partition coefficient (Wildman–Crippen LogP) is 11.2. The molecule has 0 N–H and O–H groups in total. The van der Waals surface area contributed by atoms with E-state index in [1.807, 2.05) is 12.1 Å². The Morgan fingerprint density at radius 2 is 1.12 bits per heavy atom. The van der Waals surface area contributed by atoms with Crippen LogP contribution in [0.3, 0.4) is 0 Å². The third kappa shape index (κ3) is 3.77. The SMILES string of the molecule is c1ccc(-c2nc(-c3ccccc3)nc(-n3c4cc5c(cc4c4ccc6ccccc6c43)C3(c4ccccc4-5)C4CC5CC(C4)CC3C5)n2)cc1. The molecule has 4 bridgehead atoms. The Bertz CT molecular complexity index is 2620. The topological polar surface area (TPSA) is 43.6 Å². The van der Waals surface area contributed by atoms with Gasteiger partial charge in [0.1, 0.15) is 0 Å². The summed E-state index contributed by atoms with van der Waals surface area (Å²) in [5.41, 5.74) is 10.3. The molecule has 8 aromatic rings. The van der Waals surface area contributed by atoms with Crippen molar-refractivity contribution in [1.82, 2.24) is 19.5 Å². The summed E-state index contributed by atoms with van der Waals surface area (Å²) in [5.74, 6) is 5.25. The molecule has 0 aliphatic heterocycles. The van der Waals surface area contributed by atoms with Gasteiger partial charge in [-0.2, -0.15) is 9.97 Å². The van der Waals surface area contributed by atoms with Gasteiger partial charge in [0.2, 0.25) is 5.95 Å². The van der Waals surface area contributed by atoms with Crippen molar-refractivity contribution >= 4 is 32.6 Å². The highest BCUT2D eigenvalue weighted by Crippen LogP contribution is 2.69. The number of hydrogen-bond acceptors (Lipinski definition) is 3. The first-order valence-corrected chi connectivity index (χ1v) is 18.7. The van der Waals surface area contributed by atoms with E-state index < -0.39 is 0 Å². The monoisotopic (exact) mass is 656 g/mol. The van der Waals surface area contributed by atoms with E-state index in [4.69, 9.17) is 15.0 Å². The Kier molecular flexibility index (Phi) is 5.64. The largest absolute Gasteiger partial charge is 0.277 e. The number of hydrogen-bond donors (Lipinski definition) is 0. The van der Waals surface area contributed by atoms with Gasteiger partial charge < -0.3 is 0 Å². The van der Waals surface area contributed by atoms with E-state index in [2.05, 4.69) is 126 Å². The van der Waals surface area contributed by atoms with Crippen LogP contribution in [0, 0.1) is 23.7 Å². The van der Waals surface area contributed by atoms with Crippen LogP contribution >= 0.6 is 0 Å². The molecule has 5 aliphatic carbocycles. The zero-order valence-electron chi connectivity index (χ0n) is 28.3. The number of rotatable bonds is 3. The van der Waals surface area contributed by atoms with Gasteiger partial charge in [-0.15, -0.1) is 0 Å². The Morgan fingerprint density at radius 3 is 1.82 bits per heavy atom. The molecule has 0 radical (unpaired) electrons. The first-order valence-electron chi connectivity index (χ1n) is 18.7. The normalized spacial score (nSPS) is 24.2. The molecule has 244 valence electrons. The summed E-state index contributed by atoms with van der Waals surface area (Å²) >= 11 is 0. The lowest BCUT2D eigenvalue weighted by molar-refractivity contribution is -0.0399. The van der Waals surface area contributed by atoms with Crippen LogP contribution in [0.15, 0.2) is 133 Å². The maximum Gasteiger partial charge on any atom is 0.238 e. The maximum absolute atomic E-state index is 5.30. The molecule has 0 unspecified atom stereocenters. The van der Waals surface area contributed by atoms with Gasteiger partial charge in [-0.05, 0) is 95.5 Å². The highest BCUT2D eigenvalue weighted by molar-refractivity contribution is 6.19. The van der Waals surface area contributed by atoms with Crippen molar-refractivity contribution in [2.75, 3.05) is 0 Å². The molecule has 1 spiro atoms. The van der Waals surface area contributed by atoms with Crippen LogP contribution in [0.5, 0.6) is 0 Å². The van der Waals surface area contributed by atoms with Gasteiger partial charge in [-0.25, -0.2) is 4.98 Å². The fraction of sp³-hybridized carbons (Fsp3) is 0.213. The van der Waals surface area contributed by atoms with E-state index in [0.29, 0.717) is 29.4 Å². The summed E-state index contributed by atoms with van der Waals surface area (Å²) in [6.07, 6.45) is 6.96. The molecule has 51 heavy (non-hydrogen) atoms. The molecule has 2 heterocycles. The van der Waals surface area contributed by atoms with E-state index in [9.17, 15) is 0 Å². The minimum atomic E-state index is 0.104. The van der Waals surface area contributed by atoms with Gasteiger partial charge in [-0.1, -0.05) is 121 Å². The minimum Gasteiger partial charge on any atom is -0.277 e. The highest BCUT2D eigenvalue weighted by atomic mass is 15.2. The third-order valence-corrected chi connectivity index (χ3v) is 13.2. The maximum atomic E-state index is 5.30. The van der Waals surface area contributed by atoms with Crippen LogP contribution in [0.1, 0.15) is 43.2 Å². The highest BCUT2D eigenvalue weighted by Gasteiger charge is 2.61. The van der Waals surface area contributed by atoms with Crippen molar-refractivity contribution in [2.24, 2.45) is 23.7 Å². The Labute approximate surface area is 296 Å². The van der Waals surface area contributed by atoms with Gasteiger partial charge in [0.25, 0.3) is 0 Å². The number of aromatic nitrogens is 4. The second-order valence-electron chi connectivity index (χ2n) is 15.7. The quantitative estimate of drug-likeness (QED) is 0.190. The molecule has 0 saturated heterocycles. The Hall–Kier alpha value is -5.61. The lowest BCUT2D eigenvalue weighted by atomic mass is 9.43. The first-order chi connectivity index (χ1) is 25.2. The van der Waals surface area contributed by atoms with Crippen molar-refractivity contribution in [3.8, 4) is 39.9 Å². The van der Waals surface area contributed by atoms with Crippen LogP contribution in [-0.2, 0) is 5.41 Å². The minimum absolute atomic E-state index is 0.104. The molecule has 4 fully saturated rings. The molecule has 0 amide bonds.